The molecule has 0 radical (unpaired) electrons. The molecule has 1 atom stereocenters. The first-order valence-corrected chi connectivity index (χ1v) is 4.53. The van der Waals surface area contributed by atoms with E-state index in [-0.39, 0.29) is 11.0 Å². The summed E-state index contributed by atoms with van der Waals surface area (Å²) in [5.41, 5.74) is 5.79. The minimum Gasteiger partial charge on any atom is -0.323 e. The quantitative estimate of drug-likeness (QED) is 0.739. The molecule has 0 aromatic heterocycles. The second kappa shape index (κ2) is 3.65. The molecule has 0 heterocycles. The second-order valence-corrected chi connectivity index (χ2v) is 4.49. The maximum Gasteiger partial charge on any atom is 0.163 e. The Labute approximate surface area is 82.9 Å². The lowest BCUT2D eigenvalue weighted by atomic mass is 9.83. The Hall–Kier alpha value is -0.960. The third kappa shape index (κ3) is 2.10. The van der Waals surface area contributed by atoms with Gasteiger partial charge < -0.3 is 5.73 Å². The Morgan fingerprint density at radius 2 is 1.79 bits per heavy atom. The molecule has 0 aliphatic rings. The number of halogens is 2. The molecule has 1 rings (SSSR count). The van der Waals surface area contributed by atoms with Crippen LogP contribution in [-0.4, -0.2) is 0 Å². The van der Waals surface area contributed by atoms with Crippen LogP contribution in [0.3, 0.4) is 0 Å². The summed E-state index contributed by atoms with van der Waals surface area (Å²) in [4.78, 5) is 0. The fourth-order valence-electron chi connectivity index (χ4n) is 1.23. The molecule has 1 unspecified atom stereocenters. The highest BCUT2D eigenvalue weighted by Gasteiger charge is 2.25. The molecule has 0 amide bonds. The predicted molar refractivity (Wildman–Crippen MR) is 52.7 cm³/mol. The van der Waals surface area contributed by atoms with Gasteiger partial charge in [-0.25, -0.2) is 8.78 Å². The van der Waals surface area contributed by atoms with E-state index in [1.54, 1.807) is 0 Å². The molecular formula is C11H15F2N. The molecule has 3 heteroatoms. The molecule has 0 spiro atoms. The summed E-state index contributed by atoms with van der Waals surface area (Å²) in [5, 5.41) is 0. The first-order chi connectivity index (χ1) is 6.34. The van der Waals surface area contributed by atoms with E-state index in [0.29, 0.717) is 0 Å². The van der Waals surface area contributed by atoms with E-state index in [4.69, 9.17) is 5.73 Å². The highest BCUT2D eigenvalue weighted by Crippen LogP contribution is 2.32. The molecule has 1 aromatic rings. The number of hydrogen-bond acceptors (Lipinski definition) is 1. The Morgan fingerprint density at radius 1 is 1.21 bits per heavy atom. The van der Waals surface area contributed by atoms with Crippen LogP contribution in [-0.2, 0) is 0 Å². The van der Waals surface area contributed by atoms with Gasteiger partial charge in [0.1, 0.15) is 0 Å². The van der Waals surface area contributed by atoms with Crippen molar-refractivity contribution in [1.29, 1.82) is 0 Å². The zero-order valence-corrected chi connectivity index (χ0v) is 8.64. The molecule has 0 saturated carbocycles. The van der Waals surface area contributed by atoms with E-state index in [1.165, 1.54) is 12.1 Å². The van der Waals surface area contributed by atoms with Crippen LogP contribution in [0.25, 0.3) is 0 Å². The maximum absolute atomic E-state index is 13.3. The van der Waals surface area contributed by atoms with Gasteiger partial charge in [-0.05, 0) is 11.5 Å². The van der Waals surface area contributed by atoms with E-state index in [1.807, 2.05) is 20.8 Å². The van der Waals surface area contributed by atoms with Crippen molar-refractivity contribution in [1.82, 2.24) is 0 Å². The smallest absolute Gasteiger partial charge is 0.163 e. The Balaban J connectivity index is 3.14. The average molecular weight is 199 g/mol. The molecule has 0 aliphatic heterocycles. The fourth-order valence-corrected chi connectivity index (χ4v) is 1.23. The lowest BCUT2D eigenvalue weighted by molar-refractivity contribution is 0.316. The van der Waals surface area contributed by atoms with E-state index in [9.17, 15) is 8.78 Å². The van der Waals surface area contributed by atoms with Gasteiger partial charge in [0.05, 0.1) is 0 Å². The van der Waals surface area contributed by atoms with Crippen LogP contribution in [0.15, 0.2) is 18.2 Å². The Morgan fingerprint density at radius 3 is 2.29 bits per heavy atom. The van der Waals surface area contributed by atoms with Crippen LogP contribution in [0.1, 0.15) is 32.4 Å². The number of hydrogen-bond donors (Lipinski definition) is 1. The van der Waals surface area contributed by atoms with Crippen molar-refractivity contribution >= 4 is 0 Å². The molecule has 0 saturated heterocycles. The van der Waals surface area contributed by atoms with Crippen molar-refractivity contribution in [2.75, 3.05) is 0 Å². The second-order valence-electron chi connectivity index (χ2n) is 4.49. The van der Waals surface area contributed by atoms with Gasteiger partial charge in [-0.15, -0.1) is 0 Å². The molecule has 78 valence electrons. The van der Waals surface area contributed by atoms with Crippen LogP contribution in [0.5, 0.6) is 0 Å². The van der Waals surface area contributed by atoms with Gasteiger partial charge in [0.2, 0.25) is 0 Å². The van der Waals surface area contributed by atoms with Gasteiger partial charge in [-0.2, -0.15) is 0 Å². The third-order valence-corrected chi connectivity index (χ3v) is 2.25. The van der Waals surface area contributed by atoms with Crippen LogP contribution < -0.4 is 5.73 Å². The van der Waals surface area contributed by atoms with Crippen LogP contribution >= 0.6 is 0 Å². The first-order valence-electron chi connectivity index (χ1n) is 4.53. The lowest BCUT2D eigenvalue weighted by Crippen LogP contribution is -2.27. The van der Waals surface area contributed by atoms with E-state index in [0.717, 1.165) is 6.07 Å². The molecule has 0 aliphatic carbocycles. The standard InChI is InChI=1S/C11H15F2N/c1-11(2,3)10(14)7-5-4-6-8(12)9(7)13/h4-6,10H,14H2,1-3H3. The van der Waals surface area contributed by atoms with Crippen molar-refractivity contribution in [3.05, 3.63) is 35.4 Å². The summed E-state index contributed by atoms with van der Waals surface area (Å²) in [6, 6.07) is 3.58. The highest BCUT2D eigenvalue weighted by molar-refractivity contribution is 5.23. The van der Waals surface area contributed by atoms with Gasteiger partial charge in [-0.3, -0.25) is 0 Å². The summed E-state index contributed by atoms with van der Waals surface area (Å²) in [5.74, 6) is -1.68. The molecule has 0 fully saturated rings. The summed E-state index contributed by atoms with van der Waals surface area (Å²) < 4.78 is 26.2. The number of rotatable bonds is 1. The normalized spacial score (nSPS) is 14.1. The monoisotopic (exact) mass is 199 g/mol. The fraction of sp³-hybridized carbons (Fsp3) is 0.455. The minimum absolute atomic E-state index is 0.234. The number of nitrogens with two attached hydrogens (primary N) is 1. The maximum atomic E-state index is 13.3. The largest absolute Gasteiger partial charge is 0.323 e. The molecular weight excluding hydrogens is 184 g/mol. The predicted octanol–water partition coefficient (Wildman–Crippen LogP) is 3.01. The summed E-state index contributed by atoms with van der Waals surface area (Å²) in [7, 11) is 0. The third-order valence-electron chi connectivity index (χ3n) is 2.25. The van der Waals surface area contributed by atoms with Gasteiger partial charge in [-0.1, -0.05) is 32.9 Å². The van der Waals surface area contributed by atoms with Crippen molar-refractivity contribution in [3.8, 4) is 0 Å². The molecule has 1 aromatic carbocycles. The summed E-state index contributed by atoms with van der Waals surface area (Å²) in [6.07, 6.45) is 0. The highest BCUT2D eigenvalue weighted by atomic mass is 19.2. The zero-order chi connectivity index (χ0) is 10.9. The molecule has 2 N–H and O–H groups in total. The van der Waals surface area contributed by atoms with E-state index in [2.05, 4.69) is 0 Å². The van der Waals surface area contributed by atoms with Gasteiger partial charge in [0, 0.05) is 11.6 Å². The number of benzene rings is 1. The van der Waals surface area contributed by atoms with E-state index >= 15 is 0 Å². The topological polar surface area (TPSA) is 26.0 Å². The summed E-state index contributed by atoms with van der Waals surface area (Å²) in [6.45, 7) is 5.67. The van der Waals surface area contributed by atoms with Crippen LogP contribution in [0.4, 0.5) is 8.78 Å². The average Bonchev–Trinajstić information content (AvgIpc) is 2.07. The molecule has 0 bridgehead atoms. The minimum atomic E-state index is -0.845. The van der Waals surface area contributed by atoms with Crippen LogP contribution in [0.2, 0.25) is 0 Å². The van der Waals surface area contributed by atoms with Gasteiger partial charge >= 0.3 is 0 Å². The summed E-state index contributed by atoms with van der Waals surface area (Å²) >= 11 is 0. The first kappa shape index (κ1) is 11.1. The zero-order valence-electron chi connectivity index (χ0n) is 8.64. The Bertz CT molecular complexity index is 329. The SMILES string of the molecule is CC(C)(C)C(N)c1cccc(F)c1F. The lowest BCUT2D eigenvalue weighted by Gasteiger charge is -2.27. The van der Waals surface area contributed by atoms with Gasteiger partial charge in [0.25, 0.3) is 0 Å². The Kier molecular flexibility index (Phi) is 2.90. The van der Waals surface area contributed by atoms with Crippen molar-refractivity contribution in [3.63, 3.8) is 0 Å². The van der Waals surface area contributed by atoms with Crippen LogP contribution in [0, 0.1) is 17.0 Å². The van der Waals surface area contributed by atoms with Gasteiger partial charge in [0.15, 0.2) is 11.6 Å². The van der Waals surface area contributed by atoms with Crippen molar-refractivity contribution < 1.29 is 8.78 Å². The molecule has 1 nitrogen and oxygen atoms in total. The van der Waals surface area contributed by atoms with Crippen molar-refractivity contribution in [2.45, 2.75) is 26.8 Å². The van der Waals surface area contributed by atoms with Crippen molar-refractivity contribution in [2.24, 2.45) is 11.1 Å². The van der Waals surface area contributed by atoms with E-state index < -0.39 is 17.7 Å². The molecule has 14 heavy (non-hydrogen) atoms.